The highest BCUT2D eigenvalue weighted by molar-refractivity contribution is 7.79. The van der Waals surface area contributed by atoms with Gasteiger partial charge in [-0.15, -0.1) is 0 Å². The molecule has 0 radical (unpaired) electrons. The fraction of sp³-hybridized carbons (Fsp3) is 0. The van der Waals surface area contributed by atoms with Gasteiger partial charge in [0, 0.05) is 26.1 Å². The number of hydrogen-bond acceptors (Lipinski definition) is 0. The Morgan fingerprint density at radius 2 is 0.484 bits per heavy atom. The zero-order valence-corrected chi connectivity index (χ0v) is 15.1. The second-order valence-electron chi connectivity index (χ2n) is 5.79. The smallest absolute Gasteiger partial charge is 0.170 e. The van der Waals surface area contributed by atoms with Crippen LogP contribution in [0.15, 0.2) is 18.2 Å². The summed E-state index contributed by atoms with van der Waals surface area (Å²) in [6.45, 7) is 0. The van der Waals surface area contributed by atoms with E-state index in [0.717, 1.165) is 0 Å². The van der Waals surface area contributed by atoms with E-state index < -0.39 is 93.6 Å². The molecule has 0 atom stereocenters. The van der Waals surface area contributed by atoms with Gasteiger partial charge in [0.25, 0.3) is 0 Å². The third-order valence-electron chi connectivity index (χ3n) is 3.94. The number of hydrogen-bond donors (Lipinski definition) is 0. The molecule has 0 nitrogen and oxygen atoms in total. The molecule has 0 saturated heterocycles. The van der Waals surface area contributed by atoms with Gasteiger partial charge in [-0.25, -0.2) is 52.7 Å². The fourth-order valence-corrected chi connectivity index (χ4v) is 5.10. The van der Waals surface area contributed by atoms with E-state index in [1.54, 1.807) is 0 Å². The van der Waals surface area contributed by atoms with Crippen LogP contribution in [0.3, 0.4) is 0 Å². The van der Waals surface area contributed by atoms with E-state index in [4.69, 9.17) is 0 Å². The first-order chi connectivity index (χ1) is 14.4. The quantitative estimate of drug-likeness (QED) is 0.279. The van der Waals surface area contributed by atoms with Crippen LogP contribution in [0, 0.1) is 69.8 Å². The molecule has 164 valence electrons. The van der Waals surface area contributed by atoms with E-state index in [1.165, 1.54) is 0 Å². The molecule has 13 heteroatoms. The van der Waals surface area contributed by atoms with Crippen molar-refractivity contribution in [2.75, 3.05) is 0 Å². The molecule has 0 aliphatic rings. The summed E-state index contributed by atoms with van der Waals surface area (Å²) >= 11 is 0. The Morgan fingerprint density at radius 1 is 0.323 bits per heavy atom. The standard InChI is InChI=1S/C18H3F12P/c19-4-1-5(20)11(26)16(10(4)25)31(17-12(27)6(21)2-7(22)13(17)28)18-14(29)8(23)3-9(24)15(18)30/h1-3H. The lowest BCUT2D eigenvalue weighted by Crippen LogP contribution is -2.35. The summed E-state index contributed by atoms with van der Waals surface area (Å²) in [6, 6.07) is -1.17. The predicted molar refractivity (Wildman–Crippen MR) is 84.6 cm³/mol. The van der Waals surface area contributed by atoms with Crippen LogP contribution >= 0.6 is 7.92 Å². The van der Waals surface area contributed by atoms with Crippen LogP contribution in [0.5, 0.6) is 0 Å². The minimum atomic E-state index is -4.36. The van der Waals surface area contributed by atoms with Crippen molar-refractivity contribution < 1.29 is 52.7 Å². The number of benzene rings is 3. The van der Waals surface area contributed by atoms with Crippen LogP contribution in [-0.4, -0.2) is 0 Å². The molecule has 0 amide bonds. The maximum Gasteiger partial charge on any atom is 0.170 e. The molecule has 3 rings (SSSR count). The van der Waals surface area contributed by atoms with Gasteiger partial charge in [0.1, 0.15) is 0 Å². The van der Waals surface area contributed by atoms with Crippen molar-refractivity contribution in [3.63, 3.8) is 0 Å². The zero-order chi connectivity index (χ0) is 23.4. The molecule has 0 saturated carbocycles. The third kappa shape index (κ3) is 3.62. The summed E-state index contributed by atoms with van der Waals surface area (Å²) < 4.78 is 168. The molecule has 0 fully saturated rings. The largest absolute Gasteiger partial charge is 0.204 e. The van der Waals surface area contributed by atoms with E-state index in [9.17, 15) is 52.7 Å². The van der Waals surface area contributed by atoms with Crippen molar-refractivity contribution in [3.05, 3.63) is 88.0 Å². The van der Waals surface area contributed by atoms with Crippen molar-refractivity contribution in [1.82, 2.24) is 0 Å². The van der Waals surface area contributed by atoms with Gasteiger partial charge in [-0.1, -0.05) is 0 Å². The van der Waals surface area contributed by atoms with Gasteiger partial charge in [0.2, 0.25) is 0 Å². The summed E-state index contributed by atoms with van der Waals surface area (Å²) in [6.07, 6.45) is 0. The molecule has 0 spiro atoms. The van der Waals surface area contributed by atoms with Gasteiger partial charge in [-0.3, -0.25) is 0 Å². The van der Waals surface area contributed by atoms with E-state index in [0.29, 0.717) is 0 Å². The van der Waals surface area contributed by atoms with Crippen LogP contribution in [0.25, 0.3) is 0 Å². The molecule has 0 bridgehead atoms. The number of rotatable bonds is 3. The summed E-state index contributed by atoms with van der Waals surface area (Å²) in [7, 11) is -4.36. The first kappa shape index (κ1) is 22.9. The third-order valence-corrected chi connectivity index (χ3v) is 6.46. The van der Waals surface area contributed by atoms with Gasteiger partial charge < -0.3 is 0 Å². The van der Waals surface area contributed by atoms with Gasteiger partial charge in [-0.2, -0.15) is 0 Å². The summed E-state index contributed by atoms with van der Waals surface area (Å²) in [5.74, 6) is -28.3. The molecule has 3 aromatic carbocycles. The summed E-state index contributed by atoms with van der Waals surface area (Å²) in [5.41, 5.74) is 0. The van der Waals surface area contributed by atoms with Gasteiger partial charge in [0.15, 0.2) is 69.8 Å². The lowest BCUT2D eigenvalue weighted by atomic mass is 10.3. The van der Waals surface area contributed by atoms with Crippen molar-refractivity contribution in [1.29, 1.82) is 0 Å². The molecule has 0 aromatic heterocycles. The molecule has 0 aliphatic heterocycles. The lowest BCUT2D eigenvalue weighted by Gasteiger charge is -2.23. The highest BCUT2D eigenvalue weighted by Gasteiger charge is 2.39. The van der Waals surface area contributed by atoms with E-state index in [2.05, 4.69) is 0 Å². The normalized spacial score (nSPS) is 11.5. The van der Waals surface area contributed by atoms with Crippen molar-refractivity contribution in [2.45, 2.75) is 0 Å². The molecule has 0 unspecified atom stereocenters. The van der Waals surface area contributed by atoms with Crippen molar-refractivity contribution in [3.8, 4) is 0 Å². The fourth-order valence-electron chi connectivity index (χ4n) is 2.61. The zero-order valence-electron chi connectivity index (χ0n) is 14.2. The Hall–Kier alpha value is -2.75. The monoisotopic (exact) mass is 478 g/mol. The summed E-state index contributed by atoms with van der Waals surface area (Å²) in [4.78, 5) is 0. The Labute approximate surface area is 165 Å². The molecule has 0 N–H and O–H groups in total. The van der Waals surface area contributed by atoms with Crippen molar-refractivity contribution in [2.24, 2.45) is 0 Å². The molecule has 3 aromatic rings. The van der Waals surface area contributed by atoms with Crippen LogP contribution in [0.2, 0.25) is 0 Å². The van der Waals surface area contributed by atoms with Crippen LogP contribution in [0.1, 0.15) is 0 Å². The Bertz CT molecular complexity index is 994. The second kappa shape index (κ2) is 8.07. The highest BCUT2D eigenvalue weighted by atomic mass is 31.1. The average Bonchev–Trinajstić information content (AvgIpc) is 2.69. The Kier molecular flexibility index (Phi) is 5.96. The average molecular weight is 478 g/mol. The predicted octanol–water partition coefficient (Wildman–Crippen LogP) is 5.11. The van der Waals surface area contributed by atoms with Gasteiger partial charge in [-0.05, 0) is 0 Å². The Balaban J connectivity index is 2.61. The molecular formula is C18H3F12P. The minimum Gasteiger partial charge on any atom is -0.204 e. The topological polar surface area (TPSA) is 0 Å². The minimum absolute atomic E-state index is 0.389. The molecule has 0 aliphatic carbocycles. The van der Waals surface area contributed by atoms with Crippen molar-refractivity contribution >= 4 is 23.8 Å². The van der Waals surface area contributed by atoms with Gasteiger partial charge in [0.05, 0.1) is 15.9 Å². The second-order valence-corrected chi connectivity index (χ2v) is 7.80. The van der Waals surface area contributed by atoms with E-state index >= 15 is 0 Å². The van der Waals surface area contributed by atoms with Crippen LogP contribution in [-0.2, 0) is 0 Å². The SMILES string of the molecule is Fc1cc(F)c(F)c(P(c2c(F)c(F)cc(F)c2F)c2c(F)c(F)cc(F)c2F)c1F. The first-order valence-electron chi connectivity index (χ1n) is 7.67. The molecule has 31 heavy (non-hydrogen) atoms. The molecular weight excluding hydrogens is 475 g/mol. The lowest BCUT2D eigenvalue weighted by molar-refractivity contribution is 0.458. The maximum atomic E-state index is 14.4. The van der Waals surface area contributed by atoms with E-state index in [-0.39, 0.29) is 18.2 Å². The number of halogens is 12. The first-order valence-corrected chi connectivity index (χ1v) is 9.01. The molecule has 0 heterocycles. The van der Waals surface area contributed by atoms with Crippen LogP contribution < -0.4 is 15.9 Å². The van der Waals surface area contributed by atoms with E-state index in [1.807, 2.05) is 0 Å². The maximum absolute atomic E-state index is 14.4. The van der Waals surface area contributed by atoms with Crippen LogP contribution in [0.4, 0.5) is 52.7 Å². The summed E-state index contributed by atoms with van der Waals surface area (Å²) in [5, 5.41) is -6.42. The highest BCUT2D eigenvalue weighted by Crippen LogP contribution is 2.41. The van der Waals surface area contributed by atoms with Gasteiger partial charge >= 0.3 is 0 Å². The Morgan fingerprint density at radius 3 is 0.645 bits per heavy atom.